The molecule has 2 rings (SSSR count). The van der Waals surface area contributed by atoms with Gasteiger partial charge in [0.05, 0.1) is 12.6 Å². The second kappa shape index (κ2) is 8.06. The lowest BCUT2D eigenvalue weighted by atomic mass is 9.96. The fraction of sp³-hybridized carbons (Fsp3) is 0.500. The van der Waals surface area contributed by atoms with E-state index in [1.807, 2.05) is 51.1 Å². The molecule has 1 atom stereocenters. The second-order valence-corrected chi connectivity index (χ2v) is 6.83. The molecule has 0 spiro atoms. The summed E-state index contributed by atoms with van der Waals surface area (Å²) < 4.78 is 5.21. The highest BCUT2D eigenvalue weighted by Gasteiger charge is 2.21. The number of benzene rings is 1. The number of carbonyl (C=O) groups excluding carboxylic acids is 1. The number of aryl methyl sites for hydroxylation is 1. The van der Waals surface area contributed by atoms with Crippen LogP contribution in [0.4, 0.5) is 0 Å². The fourth-order valence-corrected chi connectivity index (χ4v) is 2.25. The van der Waals surface area contributed by atoms with Crippen LogP contribution in [0.2, 0.25) is 0 Å². The molecule has 0 radical (unpaired) electrons. The van der Waals surface area contributed by atoms with Crippen LogP contribution in [0.5, 0.6) is 0 Å². The Kier molecular flexibility index (Phi) is 6.09. The van der Waals surface area contributed by atoms with Crippen molar-refractivity contribution in [1.82, 2.24) is 15.5 Å². The molecule has 0 bridgehead atoms. The Labute approximate surface area is 142 Å². The standard InChI is InChI=1S/C18H25N3O3/c1-18(2,3)17-20-16(24-21-17)11-7-10-15(23)19-14(12-22)13-8-5-4-6-9-13/h4-6,8-9,14,22H,7,10-12H2,1-3H3,(H,19,23)/t14-/m1/s1. The van der Waals surface area contributed by atoms with E-state index in [1.165, 1.54) is 0 Å². The third kappa shape index (κ3) is 5.16. The first-order valence-corrected chi connectivity index (χ1v) is 8.18. The topological polar surface area (TPSA) is 88.2 Å². The van der Waals surface area contributed by atoms with Crippen LogP contribution < -0.4 is 5.32 Å². The third-order valence-corrected chi connectivity index (χ3v) is 3.65. The molecule has 0 saturated heterocycles. The summed E-state index contributed by atoms with van der Waals surface area (Å²) in [5.41, 5.74) is 0.739. The minimum Gasteiger partial charge on any atom is -0.394 e. The summed E-state index contributed by atoms with van der Waals surface area (Å²) in [6.07, 6.45) is 1.52. The van der Waals surface area contributed by atoms with Crippen LogP contribution in [0, 0.1) is 0 Å². The number of aliphatic hydroxyl groups excluding tert-OH is 1. The zero-order valence-corrected chi connectivity index (χ0v) is 14.5. The number of aliphatic hydroxyl groups is 1. The van der Waals surface area contributed by atoms with E-state index in [4.69, 9.17) is 4.52 Å². The Morgan fingerprint density at radius 2 is 2.00 bits per heavy atom. The van der Waals surface area contributed by atoms with Crippen molar-refractivity contribution in [2.24, 2.45) is 0 Å². The van der Waals surface area contributed by atoms with E-state index in [2.05, 4.69) is 15.5 Å². The summed E-state index contributed by atoms with van der Waals surface area (Å²) >= 11 is 0. The van der Waals surface area contributed by atoms with Crippen LogP contribution in [0.3, 0.4) is 0 Å². The summed E-state index contributed by atoms with van der Waals surface area (Å²) in [7, 11) is 0. The molecule has 6 nitrogen and oxygen atoms in total. The van der Waals surface area contributed by atoms with Crippen molar-refractivity contribution >= 4 is 5.91 Å². The molecule has 24 heavy (non-hydrogen) atoms. The number of carbonyl (C=O) groups is 1. The molecular weight excluding hydrogens is 306 g/mol. The Morgan fingerprint density at radius 1 is 1.29 bits per heavy atom. The van der Waals surface area contributed by atoms with Crippen molar-refractivity contribution in [2.45, 2.75) is 51.5 Å². The number of hydrogen-bond acceptors (Lipinski definition) is 5. The molecule has 1 aromatic heterocycles. The van der Waals surface area contributed by atoms with Crippen LogP contribution in [0.15, 0.2) is 34.9 Å². The number of hydrogen-bond donors (Lipinski definition) is 2. The molecule has 1 amide bonds. The third-order valence-electron chi connectivity index (χ3n) is 3.65. The smallest absolute Gasteiger partial charge is 0.226 e. The van der Waals surface area contributed by atoms with Crippen molar-refractivity contribution in [1.29, 1.82) is 0 Å². The van der Waals surface area contributed by atoms with Gasteiger partial charge in [-0.15, -0.1) is 0 Å². The average molecular weight is 331 g/mol. The van der Waals surface area contributed by atoms with Gasteiger partial charge in [0.2, 0.25) is 11.8 Å². The maximum Gasteiger partial charge on any atom is 0.226 e. The first kappa shape index (κ1) is 18.1. The number of aromatic nitrogens is 2. The van der Waals surface area contributed by atoms with Crippen LogP contribution in [0.25, 0.3) is 0 Å². The van der Waals surface area contributed by atoms with Crippen LogP contribution in [-0.4, -0.2) is 27.8 Å². The van der Waals surface area contributed by atoms with Gasteiger partial charge in [-0.25, -0.2) is 0 Å². The monoisotopic (exact) mass is 331 g/mol. The predicted octanol–water partition coefficient (Wildman–Crippen LogP) is 2.54. The molecule has 0 unspecified atom stereocenters. The zero-order valence-electron chi connectivity index (χ0n) is 14.5. The van der Waals surface area contributed by atoms with Crippen LogP contribution in [-0.2, 0) is 16.6 Å². The summed E-state index contributed by atoms with van der Waals surface area (Å²) in [4.78, 5) is 16.4. The Hall–Kier alpha value is -2.21. The number of rotatable bonds is 7. The van der Waals surface area contributed by atoms with Crippen molar-refractivity contribution in [2.75, 3.05) is 6.61 Å². The normalized spacial score (nSPS) is 12.8. The van der Waals surface area contributed by atoms with Gasteiger partial charge in [-0.1, -0.05) is 56.3 Å². The highest BCUT2D eigenvalue weighted by atomic mass is 16.5. The number of nitrogens with zero attached hydrogens (tertiary/aromatic N) is 2. The van der Waals surface area contributed by atoms with Crippen molar-refractivity contribution in [3.8, 4) is 0 Å². The highest BCUT2D eigenvalue weighted by Crippen LogP contribution is 2.19. The van der Waals surface area contributed by atoms with Crippen molar-refractivity contribution in [3.63, 3.8) is 0 Å². The summed E-state index contributed by atoms with van der Waals surface area (Å²) in [5.74, 6) is 1.12. The summed E-state index contributed by atoms with van der Waals surface area (Å²) in [5, 5.41) is 16.3. The van der Waals surface area contributed by atoms with E-state index >= 15 is 0 Å². The minimum absolute atomic E-state index is 0.103. The number of amides is 1. The lowest BCUT2D eigenvalue weighted by Gasteiger charge is -2.16. The van der Waals surface area contributed by atoms with Gasteiger partial charge in [0.15, 0.2) is 5.82 Å². The molecule has 0 aliphatic carbocycles. The van der Waals surface area contributed by atoms with E-state index in [0.717, 1.165) is 5.56 Å². The Balaban J connectivity index is 1.80. The number of nitrogens with one attached hydrogen (secondary N) is 1. The van der Waals surface area contributed by atoms with Crippen molar-refractivity contribution in [3.05, 3.63) is 47.6 Å². The highest BCUT2D eigenvalue weighted by molar-refractivity contribution is 5.76. The molecule has 6 heteroatoms. The quantitative estimate of drug-likeness (QED) is 0.814. The molecule has 1 aromatic carbocycles. The first-order chi connectivity index (χ1) is 11.4. The first-order valence-electron chi connectivity index (χ1n) is 8.18. The largest absolute Gasteiger partial charge is 0.394 e. The van der Waals surface area contributed by atoms with E-state index in [-0.39, 0.29) is 24.0 Å². The molecule has 0 saturated carbocycles. The molecule has 2 N–H and O–H groups in total. The van der Waals surface area contributed by atoms with Crippen LogP contribution >= 0.6 is 0 Å². The van der Waals surface area contributed by atoms with E-state index < -0.39 is 0 Å². The van der Waals surface area contributed by atoms with E-state index in [0.29, 0.717) is 31.0 Å². The van der Waals surface area contributed by atoms with Gasteiger partial charge >= 0.3 is 0 Å². The summed E-state index contributed by atoms with van der Waals surface area (Å²) in [6.45, 7) is 5.93. The van der Waals surface area contributed by atoms with Crippen LogP contribution in [0.1, 0.15) is 56.9 Å². The van der Waals surface area contributed by atoms with Gasteiger partial charge in [0, 0.05) is 18.3 Å². The molecule has 0 aliphatic heterocycles. The van der Waals surface area contributed by atoms with Crippen molar-refractivity contribution < 1.29 is 14.4 Å². The molecule has 2 aromatic rings. The Morgan fingerprint density at radius 3 is 2.58 bits per heavy atom. The van der Waals surface area contributed by atoms with Gasteiger partial charge in [0.1, 0.15) is 0 Å². The maximum absolute atomic E-state index is 12.1. The van der Waals surface area contributed by atoms with Gasteiger partial charge in [-0.2, -0.15) is 4.98 Å². The lowest BCUT2D eigenvalue weighted by Crippen LogP contribution is -2.30. The Bertz CT molecular complexity index is 647. The predicted molar refractivity (Wildman–Crippen MR) is 90.3 cm³/mol. The SMILES string of the molecule is CC(C)(C)c1noc(CCCC(=O)N[C@H](CO)c2ccccc2)n1. The minimum atomic E-state index is -0.380. The lowest BCUT2D eigenvalue weighted by molar-refractivity contribution is -0.122. The average Bonchev–Trinajstić information content (AvgIpc) is 3.02. The molecule has 130 valence electrons. The molecular formula is C18H25N3O3. The fourth-order valence-electron chi connectivity index (χ4n) is 2.25. The van der Waals surface area contributed by atoms with Gasteiger partial charge in [-0.05, 0) is 12.0 Å². The zero-order chi connectivity index (χ0) is 17.6. The maximum atomic E-state index is 12.1. The van der Waals surface area contributed by atoms with E-state index in [1.54, 1.807) is 0 Å². The summed E-state index contributed by atoms with van der Waals surface area (Å²) in [6, 6.07) is 9.05. The van der Waals surface area contributed by atoms with Gasteiger partial charge in [-0.3, -0.25) is 4.79 Å². The molecule has 1 heterocycles. The second-order valence-electron chi connectivity index (χ2n) is 6.83. The molecule has 0 aliphatic rings. The van der Waals surface area contributed by atoms with Gasteiger partial charge in [0.25, 0.3) is 0 Å². The molecule has 0 fully saturated rings. The van der Waals surface area contributed by atoms with E-state index in [9.17, 15) is 9.90 Å². The van der Waals surface area contributed by atoms with Gasteiger partial charge < -0.3 is 14.9 Å².